The molecule has 3 nitrogen and oxygen atoms in total. The zero-order valence-electron chi connectivity index (χ0n) is 11.0. The second-order valence-corrected chi connectivity index (χ2v) is 6.24. The molecule has 0 radical (unpaired) electrons. The van der Waals surface area contributed by atoms with E-state index < -0.39 is 0 Å². The molecular formula is C13H26N2OS. The minimum absolute atomic E-state index is 0.192. The summed E-state index contributed by atoms with van der Waals surface area (Å²) in [4.78, 5) is 11.7. The predicted molar refractivity (Wildman–Crippen MR) is 75.2 cm³/mol. The van der Waals surface area contributed by atoms with Crippen LogP contribution in [0.2, 0.25) is 0 Å². The summed E-state index contributed by atoms with van der Waals surface area (Å²) in [5.41, 5.74) is 5.41. The summed E-state index contributed by atoms with van der Waals surface area (Å²) >= 11 is 1.93. The number of unbranched alkanes of at least 4 members (excludes halogenated alkanes) is 1. The summed E-state index contributed by atoms with van der Waals surface area (Å²) in [6, 6.07) is 0. The number of amides is 1. The number of rotatable bonds is 7. The van der Waals surface area contributed by atoms with Gasteiger partial charge in [-0.25, -0.2) is 0 Å². The van der Waals surface area contributed by atoms with Crippen LogP contribution in [-0.4, -0.2) is 30.0 Å². The lowest BCUT2D eigenvalue weighted by molar-refractivity contribution is -0.121. The molecule has 0 aromatic carbocycles. The predicted octanol–water partition coefficient (Wildman–Crippen LogP) is 2.30. The second-order valence-electron chi connectivity index (χ2n) is 4.97. The average Bonchev–Trinajstić information content (AvgIpc) is 2.38. The van der Waals surface area contributed by atoms with E-state index in [1.54, 1.807) is 0 Å². The molecule has 0 aromatic heterocycles. The van der Waals surface area contributed by atoms with Gasteiger partial charge in [-0.15, -0.1) is 0 Å². The van der Waals surface area contributed by atoms with Crippen molar-refractivity contribution < 1.29 is 4.79 Å². The zero-order chi connectivity index (χ0) is 12.6. The lowest BCUT2D eigenvalue weighted by Crippen LogP contribution is -2.41. The Bertz CT molecular complexity index is 227. The van der Waals surface area contributed by atoms with Crippen molar-refractivity contribution in [3.05, 3.63) is 0 Å². The molecule has 17 heavy (non-hydrogen) atoms. The lowest BCUT2D eigenvalue weighted by atomic mass is 9.88. The highest BCUT2D eigenvalue weighted by atomic mass is 32.2. The number of thioether (sulfide) groups is 1. The Morgan fingerprint density at radius 3 is 2.59 bits per heavy atom. The van der Waals surface area contributed by atoms with Crippen molar-refractivity contribution in [2.45, 2.75) is 56.1 Å². The standard InChI is InChI=1S/C13H26N2OS/c1-17-13(8-4-2-5-9-13)11-15-12(16)7-3-6-10-14/h2-11,14H2,1H3,(H,15,16). The normalized spacial score (nSPS) is 18.9. The van der Waals surface area contributed by atoms with Crippen LogP contribution in [0.1, 0.15) is 51.4 Å². The van der Waals surface area contributed by atoms with Gasteiger partial charge in [0, 0.05) is 17.7 Å². The minimum Gasteiger partial charge on any atom is -0.355 e. The van der Waals surface area contributed by atoms with Crippen LogP contribution in [0.3, 0.4) is 0 Å². The Morgan fingerprint density at radius 2 is 2.00 bits per heavy atom. The van der Waals surface area contributed by atoms with Gasteiger partial charge in [0.2, 0.25) is 5.91 Å². The Morgan fingerprint density at radius 1 is 1.29 bits per heavy atom. The number of carbonyl (C=O) groups excluding carboxylic acids is 1. The molecule has 0 heterocycles. The van der Waals surface area contributed by atoms with Gasteiger partial charge in [-0.05, 0) is 38.5 Å². The van der Waals surface area contributed by atoms with E-state index in [0.717, 1.165) is 19.4 Å². The molecule has 0 aromatic rings. The monoisotopic (exact) mass is 258 g/mol. The number of hydrogen-bond acceptors (Lipinski definition) is 3. The molecule has 3 N–H and O–H groups in total. The van der Waals surface area contributed by atoms with Crippen molar-refractivity contribution in [3.63, 3.8) is 0 Å². The summed E-state index contributed by atoms with van der Waals surface area (Å²) < 4.78 is 0.307. The number of nitrogens with two attached hydrogens (primary N) is 1. The number of hydrogen-bond donors (Lipinski definition) is 2. The van der Waals surface area contributed by atoms with Gasteiger partial charge in [0.05, 0.1) is 0 Å². The van der Waals surface area contributed by atoms with E-state index >= 15 is 0 Å². The Kier molecular flexibility index (Phi) is 6.97. The number of nitrogens with one attached hydrogen (secondary N) is 1. The fourth-order valence-corrected chi connectivity index (χ4v) is 3.34. The topological polar surface area (TPSA) is 55.1 Å². The Balaban J connectivity index is 2.24. The Labute approximate surface area is 109 Å². The van der Waals surface area contributed by atoms with E-state index in [0.29, 0.717) is 17.7 Å². The highest BCUT2D eigenvalue weighted by Crippen LogP contribution is 2.37. The molecule has 1 aliphatic carbocycles. The van der Waals surface area contributed by atoms with Crippen LogP contribution in [0.15, 0.2) is 0 Å². The first-order valence-corrected chi connectivity index (χ1v) is 7.97. The summed E-state index contributed by atoms with van der Waals surface area (Å²) in [7, 11) is 0. The Hall–Kier alpha value is -0.220. The van der Waals surface area contributed by atoms with Crippen molar-refractivity contribution in [1.29, 1.82) is 0 Å². The van der Waals surface area contributed by atoms with Crippen molar-refractivity contribution in [2.24, 2.45) is 5.73 Å². The summed E-state index contributed by atoms with van der Waals surface area (Å²) in [5.74, 6) is 0.192. The van der Waals surface area contributed by atoms with Crippen molar-refractivity contribution in [3.8, 4) is 0 Å². The molecule has 0 spiro atoms. The first-order chi connectivity index (χ1) is 8.22. The summed E-state index contributed by atoms with van der Waals surface area (Å²) in [5, 5.41) is 3.10. The highest BCUT2D eigenvalue weighted by molar-refractivity contribution is 8.00. The molecule has 0 bridgehead atoms. The van der Waals surface area contributed by atoms with Gasteiger partial charge in [0.1, 0.15) is 0 Å². The van der Waals surface area contributed by atoms with Crippen molar-refractivity contribution in [1.82, 2.24) is 5.32 Å². The third kappa shape index (κ3) is 5.30. The molecule has 1 amide bonds. The lowest BCUT2D eigenvalue weighted by Gasteiger charge is -2.35. The van der Waals surface area contributed by atoms with Crippen LogP contribution >= 0.6 is 11.8 Å². The van der Waals surface area contributed by atoms with Gasteiger partial charge in [0.15, 0.2) is 0 Å². The maximum absolute atomic E-state index is 11.7. The van der Waals surface area contributed by atoms with Crippen LogP contribution in [0.25, 0.3) is 0 Å². The fourth-order valence-electron chi connectivity index (χ4n) is 2.43. The quantitative estimate of drug-likeness (QED) is 0.689. The fraction of sp³-hybridized carbons (Fsp3) is 0.923. The molecule has 4 heteroatoms. The largest absolute Gasteiger partial charge is 0.355 e. The van der Waals surface area contributed by atoms with E-state index in [4.69, 9.17) is 5.73 Å². The van der Waals surface area contributed by atoms with E-state index in [2.05, 4.69) is 11.6 Å². The zero-order valence-corrected chi connectivity index (χ0v) is 11.8. The van der Waals surface area contributed by atoms with Crippen LogP contribution in [0.4, 0.5) is 0 Å². The maximum Gasteiger partial charge on any atom is 0.220 e. The van der Waals surface area contributed by atoms with E-state index in [9.17, 15) is 4.79 Å². The minimum atomic E-state index is 0.192. The second kappa shape index (κ2) is 7.98. The van der Waals surface area contributed by atoms with Crippen LogP contribution < -0.4 is 11.1 Å². The van der Waals surface area contributed by atoms with Crippen LogP contribution in [-0.2, 0) is 4.79 Å². The highest BCUT2D eigenvalue weighted by Gasteiger charge is 2.31. The molecule has 0 aliphatic heterocycles. The molecule has 1 aliphatic rings. The third-order valence-electron chi connectivity index (χ3n) is 3.66. The molecule has 0 atom stereocenters. The molecule has 0 unspecified atom stereocenters. The smallest absolute Gasteiger partial charge is 0.220 e. The van der Waals surface area contributed by atoms with Gasteiger partial charge in [0.25, 0.3) is 0 Å². The summed E-state index contributed by atoms with van der Waals surface area (Å²) in [6.07, 6.45) is 11.1. The van der Waals surface area contributed by atoms with Gasteiger partial charge < -0.3 is 11.1 Å². The first kappa shape index (κ1) is 14.8. The van der Waals surface area contributed by atoms with E-state index in [1.165, 1.54) is 32.1 Å². The third-order valence-corrected chi connectivity index (χ3v) is 5.08. The molecule has 1 fully saturated rings. The van der Waals surface area contributed by atoms with Crippen molar-refractivity contribution in [2.75, 3.05) is 19.3 Å². The SMILES string of the molecule is CSC1(CNC(=O)CCCCN)CCCCC1. The first-order valence-electron chi connectivity index (χ1n) is 6.74. The molecule has 1 rings (SSSR count). The number of carbonyl (C=O) groups is 1. The van der Waals surface area contributed by atoms with Gasteiger partial charge in [-0.2, -0.15) is 11.8 Å². The van der Waals surface area contributed by atoms with Gasteiger partial charge in [-0.1, -0.05) is 19.3 Å². The van der Waals surface area contributed by atoms with Gasteiger partial charge >= 0.3 is 0 Å². The van der Waals surface area contributed by atoms with Crippen LogP contribution in [0, 0.1) is 0 Å². The van der Waals surface area contributed by atoms with Gasteiger partial charge in [-0.3, -0.25) is 4.79 Å². The molecule has 1 saturated carbocycles. The molecule has 100 valence electrons. The molecular weight excluding hydrogens is 232 g/mol. The summed E-state index contributed by atoms with van der Waals surface area (Å²) in [6.45, 7) is 1.53. The van der Waals surface area contributed by atoms with Crippen molar-refractivity contribution >= 4 is 17.7 Å². The van der Waals surface area contributed by atoms with E-state index in [1.807, 2.05) is 11.8 Å². The van der Waals surface area contributed by atoms with E-state index in [-0.39, 0.29) is 5.91 Å². The van der Waals surface area contributed by atoms with Crippen LogP contribution in [0.5, 0.6) is 0 Å². The molecule has 0 saturated heterocycles. The maximum atomic E-state index is 11.7. The average molecular weight is 258 g/mol.